The minimum absolute atomic E-state index is 0.607. The van der Waals surface area contributed by atoms with E-state index in [9.17, 15) is 0 Å². The van der Waals surface area contributed by atoms with Crippen molar-refractivity contribution in [2.75, 3.05) is 20.7 Å². The maximum Gasteiger partial charge on any atom is 0.191 e. The Morgan fingerprint density at radius 1 is 1.26 bits per heavy atom. The van der Waals surface area contributed by atoms with Crippen molar-refractivity contribution in [2.45, 2.75) is 45.2 Å². The molecule has 0 fully saturated rings. The highest BCUT2D eigenvalue weighted by molar-refractivity contribution is 6.31. The Morgan fingerprint density at radius 2 is 2.15 bits per heavy atom. The lowest BCUT2D eigenvalue weighted by Crippen LogP contribution is -2.38. The minimum atomic E-state index is 0.607. The van der Waals surface area contributed by atoms with Gasteiger partial charge in [0.2, 0.25) is 0 Å². The molecule has 2 N–H and O–H groups in total. The number of benzene rings is 1. The molecule has 1 aliphatic rings. The molecule has 0 saturated carbocycles. The average molecular weight is 391 g/mol. The molecule has 8 heteroatoms. The molecule has 2 heterocycles. The number of ether oxygens (including phenoxy) is 1. The van der Waals surface area contributed by atoms with E-state index in [0.29, 0.717) is 11.6 Å². The van der Waals surface area contributed by atoms with Gasteiger partial charge in [0.15, 0.2) is 11.8 Å². The molecule has 1 aliphatic heterocycles. The van der Waals surface area contributed by atoms with Crippen LogP contribution in [0, 0.1) is 0 Å². The first-order valence-electron chi connectivity index (χ1n) is 9.39. The number of halogens is 1. The molecule has 0 atom stereocenters. The largest absolute Gasteiger partial charge is 0.497 e. The van der Waals surface area contributed by atoms with Crippen molar-refractivity contribution in [1.29, 1.82) is 0 Å². The second kappa shape index (κ2) is 9.60. The molecular formula is C19H27ClN6O. The summed E-state index contributed by atoms with van der Waals surface area (Å²) >= 11 is 6.30. The predicted molar refractivity (Wildman–Crippen MR) is 107 cm³/mol. The lowest BCUT2D eigenvalue weighted by molar-refractivity contribution is 0.414. The van der Waals surface area contributed by atoms with E-state index in [1.807, 2.05) is 18.2 Å². The zero-order chi connectivity index (χ0) is 19.1. The van der Waals surface area contributed by atoms with E-state index in [0.717, 1.165) is 54.9 Å². The van der Waals surface area contributed by atoms with E-state index in [-0.39, 0.29) is 0 Å². The van der Waals surface area contributed by atoms with Crippen molar-refractivity contribution in [1.82, 2.24) is 25.4 Å². The van der Waals surface area contributed by atoms with Crippen LogP contribution in [0.3, 0.4) is 0 Å². The Labute approximate surface area is 165 Å². The molecule has 27 heavy (non-hydrogen) atoms. The Kier molecular flexibility index (Phi) is 6.92. The van der Waals surface area contributed by atoms with Crippen LogP contribution < -0.4 is 15.4 Å². The number of nitrogens with zero attached hydrogens (tertiary/aromatic N) is 4. The van der Waals surface area contributed by atoms with Gasteiger partial charge in [-0.05, 0) is 37.0 Å². The summed E-state index contributed by atoms with van der Waals surface area (Å²) in [5.41, 5.74) is 1.07. The first kappa shape index (κ1) is 19.5. The molecule has 1 aromatic heterocycles. The number of aryl methyl sites for hydroxylation is 1. The van der Waals surface area contributed by atoms with Crippen molar-refractivity contribution in [3.63, 3.8) is 0 Å². The molecule has 146 valence electrons. The van der Waals surface area contributed by atoms with Gasteiger partial charge in [-0.3, -0.25) is 4.99 Å². The summed E-state index contributed by atoms with van der Waals surface area (Å²) in [4.78, 5) is 4.28. The summed E-state index contributed by atoms with van der Waals surface area (Å²) in [6, 6.07) is 5.75. The summed E-state index contributed by atoms with van der Waals surface area (Å²) in [6.07, 6.45) is 5.45. The Balaban J connectivity index is 1.49. The maximum absolute atomic E-state index is 6.30. The van der Waals surface area contributed by atoms with Crippen molar-refractivity contribution >= 4 is 17.6 Å². The fourth-order valence-corrected chi connectivity index (χ4v) is 3.50. The summed E-state index contributed by atoms with van der Waals surface area (Å²) < 4.78 is 7.42. The highest BCUT2D eigenvalue weighted by atomic mass is 35.5. The topological polar surface area (TPSA) is 76.4 Å². The predicted octanol–water partition coefficient (Wildman–Crippen LogP) is 2.57. The third kappa shape index (κ3) is 5.13. The number of rotatable bonds is 6. The van der Waals surface area contributed by atoms with E-state index >= 15 is 0 Å². The first-order valence-corrected chi connectivity index (χ1v) is 9.77. The van der Waals surface area contributed by atoms with E-state index in [4.69, 9.17) is 16.3 Å². The molecular weight excluding hydrogens is 364 g/mol. The number of aromatic nitrogens is 3. The molecule has 2 aromatic rings. The van der Waals surface area contributed by atoms with Gasteiger partial charge in [-0.15, -0.1) is 10.2 Å². The van der Waals surface area contributed by atoms with E-state index in [1.54, 1.807) is 14.2 Å². The molecule has 0 saturated heterocycles. The summed E-state index contributed by atoms with van der Waals surface area (Å²) in [5.74, 6) is 3.57. The second-order valence-corrected chi connectivity index (χ2v) is 6.96. The normalized spacial score (nSPS) is 14.4. The SMILES string of the molecule is CN=C(NCCc1ccc(OC)cc1Cl)NCc1nnc2n1CCCCC2. The van der Waals surface area contributed by atoms with Crippen LogP contribution in [-0.4, -0.2) is 41.4 Å². The van der Waals surface area contributed by atoms with Crippen LogP contribution in [0.4, 0.5) is 0 Å². The number of aliphatic imine (C=N–C) groups is 1. The van der Waals surface area contributed by atoms with Gasteiger partial charge < -0.3 is 19.9 Å². The Bertz CT molecular complexity index is 789. The highest BCUT2D eigenvalue weighted by Crippen LogP contribution is 2.22. The molecule has 1 aromatic carbocycles. The van der Waals surface area contributed by atoms with Gasteiger partial charge in [-0.25, -0.2) is 0 Å². The third-order valence-corrected chi connectivity index (χ3v) is 5.12. The summed E-state index contributed by atoms with van der Waals surface area (Å²) in [5, 5.41) is 16.0. The second-order valence-electron chi connectivity index (χ2n) is 6.55. The minimum Gasteiger partial charge on any atom is -0.497 e. The molecule has 0 amide bonds. The molecule has 7 nitrogen and oxygen atoms in total. The zero-order valence-corrected chi connectivity index (χ0v) is 16.7. The number of guanidine groups is 1. The van der Waals surface area contributed by atoms with Crippen LogP contribution in [0.15, 0.2) is 23.2 Å². The number of nitrogens with one attached hydrogen (secondary N) is 2. The molecule has 0 unspecified atom stereocenters. The van der Waals surface area contributed by atoms with Crippen LogP contribution in [0.5, 0.6) is 5.75 Å². The number of methoxy groups -OCH3 is 1. The standard InChI is InChI=1S/C19H27ClN6O/c1-21-19(22-10-9-14-7-8-15(27-2)12-16(14)20)23-13-18-25-24-17-6-4-3-5-11-26(17)18/h7-8,12H,3-6,9-11,13H2,1-2H3,(H2,21,22,23). The van der Waals surface area contributed by atoms with Crippen LogP contribution in [-0.2, 0) is 25.9 Å². The molecule has 0 radical (unpaired) electrons. The lowest BCUT2D eigenvalue weighted by Gasteiger charge is -2.13. The van der Waals surface area contributed by atoms with Crippen molar-refractivity contribution in [3.05, 3.63) is 40.4 Å². The third-order valence-electron chi connectivity index (χ3n) is 4.77. The molecule has 3 rings (SSSR count). The fraction of sp³-hybridized carbons (Fsp3) is 0.526. The average Bonchev–Trinajstić information content (AvgIpc) is 2.91. The van der Waals surface area contributed by atoms with E-state index < -0.39 is 0 Å². The van der Waals surface area contributed by atoms with Gasteiger partial charge in [0, 0.05) is 31.6 Å². The Hall–Kier alpha value is -2.28. The van der Waals surface area contributed by atoms with Crippen molar-refractivity contribution in [2.24, 2.45) is 4.99 Å². The van der Waals surface area contributed by atoms with Gasteiger partial charge in [0.05, 0.1) is 13.7 Å². The van der Waals surface area contributed by atoms with Crippen LogP contribution in [0.1, 0.15) is 36.5 Å². The zero-order valence-electron chi connectivity index (χ0n) is 16.0. The van der Waals surface area contributed by atoms with Gasteiger partial charge in [-0.2, -0.15) is 0 Å². The smallest absolute Gasteiger partial charge is 0.191 e. The summed E-state index contributed by atoms with van der Waals surface area (Å²) in [7, 11) is 3.40. The lowest BCUT2D eigenvalue weighted by atomic mass is 10.1. The van der Waals surface area contributed by atoms with Gasteiger partial charge in [-0.1, -0.05) is 24.1 Å². The first-order chi connectivity index (χ1) is 13.2. The number of hydrogen-bond donors (Lipinski definition) is 2. The Morgan fingerprint density at radius 3 is 2.93 bits per heavy atom. The highest BCUT2D eigenvalue weighted by Gasteiger charge is 2.14. The van der Waals surface area contributed by atoms with Crippen LogP contribution in [0.25, 0.3) is 0 Å². The number of hydrogen-bond acceptors (Lipinski definition) is 4. The van der Waals surface area contributed by atoms with Crippen molar-refractivity contribution < 1.29 is 4.74 Å². The molecule has 0 aliphatic carbocycles. The fourth-order valence-electron chi connectivity index (χ4n) is 3.23. The van der Waals surface area contributed by atoms with Gasteiger partial charge in [0.25, 0.3) is 0 Å². The van der Waals surface area contributed by atoms with Crippen molar-refractivity contribution in [3.8, 4) is 5.75 Å². The van der Waals surface area contributed by atoms with Crippen LogP contribution in [0.2, 0.25) is 5.02 Å². The van der Waals surface area contributed by atoms with Gasteiger partial charge >= 0.3 is 0 Å². The monoisotopic (exact) mass is 390 g/mol. The van der Waals surface area contributed by atoms with E-state index in [1.165, 1.54) is 19.3 Å². The summed E-state index contributed by atoms with van der Waals surface area (Å²) in [6.45, 7) is 2.33. The van der Waals surface area contributed by atoms with E-state index in [2.05, 4.69) is 30.4 Å². The number of fused-ring (bicyclic) bond motifs is 1. The quantitative estimate of drug-likeness (QED) is 0.585. The maximum atomic E-state index is 6.30. The van der Waals surface area contributed by atoms with Crippen LogP contribution >= 0.6 is 11.6 Å². The van der Waals surface area contributed by atoms with Gasteiger partial charge in [0.1, 0.15) is 11.6 Å². The molecule has 0 spiro atoms. The molecule has 0 bridgehead atoms.